The Kier molecular flexibility index (Phi) is 7.59. The molecule has 8 nitrogen and oxygen atoms in total. The molecule has 0 heterocycles. The molecular formula is C19H18ClN3O5S. The number of carbonyl (C=O) groups is 2. The third-order valence-corrected chi connectivity index (χ3v) is 5.75. The molecule has 2 amide bonds. The van der Waals surface area contributed by atoms with Gasteiger partial charge in [-0.05, 0) is 55.5 Å². The van der Waals surface area contributed by atoms with Crippen molar-refractivity contribution in [2.24, 2.45) is 0 Å². The second-order valence-electron chi connectivity index (χ2n) is 5.96. The Labute approximate surface area is 173 Å². The average Bonchev–Trinajstić information content (AvgIpc) is 2.71. The van der Waals surface area contributed by atoms with E-state index >= 15 is 0 Å². The van der Waals surface area contributed by atoms with Gasteiger partial charge in [-0.25, -0.2) is 8.42 Å². The lowest BCUT2D eigenvalue weighted by Gasteiger charge is -2.15. The Morgan fingerprint density at radius 2 is 1.72 bits per heavy atom. The van der Waals surface area contributed by atoms with Gasteiger partial charge in [-0.2, -0.15) is 5.26 Å². The van der Waals surface area contributed by atoms with E-state index in [0.717, 1.165) is 0 Å². The average molecular weight is 436 g/mol. The highest BCUT2D eigenvalue weighted by Crippen LogP contribution is 2.16. The van der Waals surface area contributed by atoms with E-state index in [1.165, 1.54) is 31.2 Å². The van der Waals surface area contributed by atoms with Gasteiger partial charge in [0.2, 0.25) is 5.91 Å². The van der Waals surface area contributed by atoms with E-state index in [1.807, 2.05) is 6.07 Å². The summed E-state index contributed by atoms with van der Waals surface area (Å²) in [6.45, 7) is 1.48. The molecule has 10 heteroatoms. The lowest BCUT2D eigenvalue weighted by Crippen LogP contribution is -2.47. The lowest BCUT2D eigenvalue weighted by atomic mass is 10.2. The molecule has 0 radical (unpaired) electrons. The number of rotatable bonds is 7. The molecule has 2 rings (SSSR count). The van der Waals surface area contributed by atoms with Crippen molar-refractivity contribution in [1.82, 2.24) is 10.9 Å². The molecular weight excluding hydrogens is 418 g/mol. The molecule has 0 aliphatic carbocycles. The molecule has 1 unspecified atom stereocenters. The summed E-state index contributed by atoms with van der Waals surface area (Å²) in [5, 5.41) is 9.16. The molecule has 0 bridgehead atoms. The van der Waals surface area contributed by atoms with E-state index < -0.39 is 33.5 Å². The molecule has 0 spiro atoms. The second kappa shape index (κ2) is 9.91. The monoisotopic (exact) mass is 435 g/mol. The van der Waals surface area contributed by atoms with Crippen LogP contribution >= 0.6 is 11.6 Å². The molecule has 0 aliphatic rings. The molecule has 152 valence electrons. The van der Waals surface area contributed by atoms with Gasteiger partial charge in [0.25, 0.3) is 5.91 Å². The van der Waals surface area contributed by atoms with Crippen LogP contribution in [-0.2, 0) is 19.4 Å². The zero-order chi connectivity index (χ0) is 21.4. The molecule has 0 aliphatic heterocycles. The van der Waals surface area contributed by atoms with Crippen LogP contribution in [0.2, 0.25) is 5.02 Å². The first-order chi connectivity index (χ1) is 13.7. The van der Waals surface area contributed by atoms with Crippen LogP contribution in [0.4, 0.5) is 0 Å². The number of hydrogen-bond donors (Lipinski definition) is 2. The van der Waals surface area contributed by atoms with Crippen LogP contribution < -0.4 is 15.6 Å². The first kappa shape index (κ1) is 22.2. The van der Waals surface area contributed by atoms with Gasteiger partial charge in [0.1, 0.15) is 5.75 Å². The lowest BCUT2D eigenvalue weighted by molar-refractivity contribution is -0.132. The predicted molar refractivity (Wildman–Crippen MR) is 106 cm³/mol. The number of sulfone groups is 1. The van der Waals surface area contributed by atoms with Gasteiger partial charge in [0, 0.05) is 11.4 Å². The predicted octanol–water partition coefficient (Wildman–Crippen LogP) is 1.99. The minimum absolute atomic E-state index is 0.0585. The molecule has 0 saturated carbocycles. The van der Waals surface area contributed by atoms with Gasteiger partial charge in [-0.3, -0.25) is 20.4 Å². The van der Waals surface area contributed by atoms with Gasteiger partial charge in [-0.15, -0.1) is 0 Å². The highest BCUT2D eigenvalue weighted by atomic mass is 35.5. The van der Waals surface area contributed by atoms with Crippen molar-refractivity contribution in [2.45, 2.75) is 24.3 Å². The highest BCUT2D eigenvalue weighted by Gasteiger charge is 2.18. The smallest absolute Gasteiger partial charge is 0.279 e. The highest BCUT2D eigenvalue weighted by molar-refractivity contribution is 7.91. The normalized spacial score (nSPS) is 11.8. The molecule has 0 fully saturated rings. The molecule has 2 aromatic carbocycles. The Hall–Kier alpha value is -3.09. The summed E-state index contributed by atoms with van der Waals surface area (Å²) < 4.78 is 29.8. The van der Waals surface area contributed by atoms with Crippen molar-refractivity contribution in [1.29, 1.82) is 5.26 Å². The minimum Gasteiger partial charge on any atom is -0.481 e. The summed E-state index contributed by atoms with van der Waals surface area (Å²) in [6.07, 6.45) is -1.27. The molecule has 29 heavy (non-hydrogen) atoms. The standard InChI is InChI=1S/C19H18ClN3O5S/c1-13(28-16-6-2-14(12-21)3-7-16)19(25)23-22-18(24)10-11-29(26,27)17-8-4-15(20)5-9-17/h2-9,13H,10-11H2,1H3,(H,22,24)(H,23,25). The number of nitrogens with zero attached hydrogens (tertiary/aromatic N) is 1. The first-order valence-electron chi connectivity index (χ1n) is 8.45. The van der Waals surface area contributed by atoms with E-state index in [-0.39, 0.29) is 11.3 Å². The SMILES string of the molecule is CC(Oc1ccc(C#N)cc1)C(=O)NNC(=O)CCS(=O)(=O)c1ccc(Cl)cc1. The van der Waals surface area contributed by atoms with Gasteiger partial charge in [-0.1, -0.05) is 11.6 Å². The number of hydrogen-bond acceptors (Lipinski definition) is 6. The molecule has 1 atom stereocenters. The van der Waals surface area contributed by atoms with Crippen molar-refractivity contribution in [3.05, 3.63) is 59.1 Å². The number of hydrazine groups is 1. The second-order valence-corrected chi connectivity index (χ2v) is 8.50. The van der Waals surface area contributed by atoms with Crippen LogP contribution in [0.1, 0.15) is 18.9 Å². The number of carbonyl (C=O) groups excluding carboxylic acids is 2. The Morgan fingerprint density at radius 1 is 1.10 bits per heavy atom. The van der Waals surface area contributed by atoms with Gasteiger partial charge < -0.3 is 4.74 Å². The maximum Gasteiger partial charge on any atom is 0.279 e. The van der Waals surface area contributed by atoms with Crippen molar-refractivity contribution in [3.8, 4) is 11.8 Å². The molecule has 0 saturated heterocycles. The molecule has 2 N–H and O–H groups in total. The minimum atomic E-state index is -3.65. The summed E-state index contributed by atoms with van der Waals surface area (Å²) >= 11 is 5.73. The van der Waals surface area contributed by atoms with E-state index in [2.05, 4.69) is 10.9 Å². The third kappa shape index (κ3) is 6.78. The maximum absolute atomic E-state index is 12.2. The van der Waals surface area contributed by atoms with Crippen molar-refractivity contribution >= 4 is 33.3 Å². The summed E-state index contributed by atoms with van der Waals surface area (Å²) in [5.41, 5.74) is 4.79. The molecule has 2 aromatic rings. The first-order valence-corrected chi connectivity index (χ1v) is 10.5. The zero-order valence-corrected chi connectivity index (χ0v) is 17.0. The van der Waals surface area contributed by atoms with Gasteiger partial charge >= 0.3 is 0 Å². The van der Waals surface area contributed by atoms with E-state index in [1.54, 1.807) is 24.3 Å². The van der Waals surface area contributed by atoms with Crippen LogP contribution in [0.15, 0.2) is 53.4 Å². The fourth-order valence-electron chi connectivity index (χ4n) is 2.15. The number of ether oxygens (including phenoxy) is 1. The van der Waals surface area contributed by atoms with Crippen LogP contribution in [-0.4, -0.2) is 32.1 Å². The quantitative estimate of drug-likeness (QED) is 0.640. The summed E-state index contributed by atoms with van der Waals surface area (Å²) in [5.74, 6) is -1.33. The van der Waals surface area contributed by atoms with Crippen LogP contribution in [0, 0.1) is 11.3 Å². The van der Waals surface area contributed by atoms with E-state index in [0.29, 0.717) is 16.3 Å². The van der Waals surface area contributed by atoms with Crippen LogP contribution in [0.25, 0.3) is 0 Å². The largest absolute Gasteiger partial charge is 0.481 e. The van der Waals surface area contributed by atoms with Crippen molar-refractivity contribution < 1.29 is 22.7 Å². The number of nitrogens with one attached hydrogen (secondary N) is 2. The van der Waals surface area contributed by atoms with Crippen LogP contribution in [0.3, 0.4) is 0 Å². The number of benzene rings is 2. The third-order valence-electron chi connectivity index (χ3n) is 3.76. The summed E-state index contributed by atoms with van der Waals surface area (Å²) in [7, 11) is -3.65. The fourth-order valence-corrected chi connectivity index (χ4v) is 3.51. The fraction of sp³-hybridized carbons (Fsp3) is 0.211. The maximum atomic E-state index is 12.2. The zero-order valence-electron chi connectivity index (χ0n) is 15.4. The Bertz CT molecular complexity index is 1020. The van der Waals surface area contributed by atoms with Gasteiger partial charge in [0.05, 0.1) is 22.3 Å². The number of nitriles is 1. The topological polar surface area (TPSA) is 125 Å². The Balaban J connectivity index is 1.79. The van der Waals surface area contributed by atoms with Crippen molar-refractivity contribution in [3.63, 3.8) is 0 Å². The number of amides is 2. The van der Waals surface area contributed by atoms with Crippen LogP contribution in [0.5, 0.6) is 5.75 Å². The molecule has 0 aromatic heterocycles. The Morgan fingerprint density at radius 3 is 2.31 bits per heavy atom. The number of halogens is 1. The van der Waals surface area contributed by atoms with E-state index in [9.17, 15) is 18.0 Å². The van der Waals surface area contributed by atoms with Crippen molar-refractivity contribution in [2.75, 3.05) is 5.75 Å². The van der Waals surface area contributed by atoms with E-state index in [4.69, 9.17) is 21.6 Å². The van der Waals surface area contributed by atoms with Gasteiger partial charge in [0.15, 0.2) is 15.9 Å². The summed E-state index contributed by atoms with van der Waals surface area (Å²) in [4.78, 5) is 23.9. The summed E-state index contributed by atoms with van der Waals surface area (Å²) in [6, 6.07) is 13.8.